The van der Waals surface area contributed by atoms with Crippen molar-refractivity contribution in [3.8, 4) is 33.4 Å². The molecule has 0 aromatic heterocycles. The Morgan fingerprint density at radius 2 is 0.818 bits per heavy atom. The highest BCUT2D eigenvalue weighted by Gasteiger charge is 2.20. The molecule has 0 atom stereocenters. The van der Waals surface area contributed by atoms with Crippen molar-refractivity contribution in [1.29, 1.82) is 0 Å². The summed E-state index contributed by atoms with van der Waals surface area (Å²) >= 11 is 0. The van der Waals surface area contributed by atoms with Crippen molar-refractivity contribution in [3.63, 3.8) is 0 Å². The summed E-state index contributed by atoms with van der Waals surface area (Å²) in [7, 11) is 0. The van der Waals surface area contributed by atoms with E-state index in [4.69, 9.17) is 26.0 Å². The molecule has 0 unspecified atom stereocenters. The van der Waals surface area contributed by atoms with E-state index < -0.39 is 256 Å². The molecule has 0 aliphatic rings. The molecule has 204 valence electrons. The van der Waals surface area contributed by atoms with Crippen molar-refractivity contribution >= 4 is 53.9 Å². The van der Waals surface area contributed by atoms with Gasteiger partial charge in [-0.15, -0.1) is 0 Å². The maximum atomic E-state index is 10.1. The molecule has 0 bridgehead atoms. The summed E-state index contributed by atoms with van der Waals surface area (Å²) in [5.41, 5.74) is -4.98. The van der Waals surface area contributed by atoms with E-state index in [9.17, 15) is 12.3 Å². The molecule has 0 heterocycles. The SMILES string of the molecule is [2H]c1c([2H])c([2H])c(-c2c([2H])c([2H])c3c(-c4c([2H])c([2H])c([2H])c5c([2H])c([2H])c([2H])c([2H])c45)c4c([2H])c([2H])c([2H])c([2H])c4c(-c4c([2H])c5c([2H])c([2H])c([2H])c([2H])c5c5c([2H])c([2H])c([2H])c([2H])c45)c3c2[2H])c([2H])c1[2H]. The number of hydrogen-bond acceptors (Lipinski definition) is 0. The lowest BCUT2D eigenvalue weighted by Gasteiger charge is -2.21. The van der Waals surface area contributed by atoms with Crippen LogP contribution in [0.2, 0.25) is 0 Å². The van der Waals surface area contributed by atoms with E-state index in [1.54, 1.807) is 0 Å². The minimum absolute atomic E-state index is 0.595. The molecule has 0 aliphatic heterocycles. The minimum atomic E-state index is -1.12. The molecular formula is C44H28. The highest BCUT2D eigenvalue weighted by atomic mass is 14.2. The van der Waals surface area contributed by atoms with Crippen LogP contribution in [0.25, 0.3) is 87.2 Å². The van der Waals surface area contributed by atoms with Gasteiger partial charge in [-0.05, 0) is 99.3 Å². The van der Waals surface area contributed by atoms with Gasteiger partial charge in [0.25, 0.3) is 0 Å². The highest BCUT2D eigenvalue weighted by Crippen LogP contribution is 2.48. The van der Waals surface area contributed by atoms with Gasteiger partial charge < -0.3 is 0 Å². The molecule has 0 fully saturated rings. The van der Waals surface area contributed by atoms with E-state index >= 15 is 0 Å². The Labute approximate surface area is 295 Å². The monoisotopic (exact) mass is 584 g/mol. The average molecular weight is 585 g/mol. The van der Waals surface area contributed by atoms with Crippen LogP contribution in [-0.2, 0) is 0 Å². The van der Waals surface area contributed by atoms with E-state index in [-0.39, 0.29) is 0 Å². The van der Waals surface area contributed by atoms with Gasteiger partial charge in [-0.25, -0.2) is 0 Å². The molecule has 9 rings (SSSR count). The van der Waals surface area contributed by atoms with Crippen LogP contribution in [0, 0.1) is 0 Å². The van der Waals surface area contributed by atoms with Crippen molar-refractivity contribution in [2.24, 2.45) is 0 Å². The molecule has 0 aliphatic carbocycles. The molecule has 0 spiro atoms. The van der Waals surface area contributed by atoms with E-state index in [1.807, 2.05) is 0 Å². The van der Waals surface area contributed by atoms with Crippen molar-refractivity contribution in [3.05, 3.63) is 169 Å². The first kappa shape index (κ1) is 9.64. The van der Waals surface area contributed by atoms with Gasteiger partial charge in [0.05, 0.1) is 38.4 Å². The number of benzene rings is 9. The van der Waals surface area contributed by atoms with Crippen LogP contribution in [0.15, 0.2) is 169 Å². The van der Waals surface area contributed by atoms with Crippen LogP contribution >= 0.6 is 0 Å². The maximum Gasteiger partial charge on any atom is 0.0636 e. The lowest BCUT2D eigenvalue weighted by Crippen LogP contribution is -1.93. The molecule has 0 radical (unpaired) electrons. The van der Waals surface area contributed by atoms with Gasteiger partial charge in [-0.3, -0.25) is 0 Å². The predicted molar refractivity (Wildman–Crippen MR) is 190 cm³/mol. The molecule has 9 aromatic carbocycles. The Morgan fingerprint density at radius 3 is 1.59 bits per heavy atom. The molecule has 44 heavy (non-hydrogen) atoms. The van der Waals surface area contributed by atoms with Crippen LogP contribution in [0.1, 0.15) is 38.4 Å². The molecule has 0 saturated heterocycles. The number of hydrogen-bond donors (Lipinski definition) is 0. The Morgan fingerprint density at radius 1 is 0.273 bits per heavy atom. The Kier molecular flexibility index (Phi) is 2.18. The highest BCUT2D eigenvalue weighted by molar-refractivity contribution is 6.27. The van der Waals surface area contributed by atoms with Gasteiger partial charge in [0.2, 0.25) is 0 Å². The second-order valence-electron chi connectivity index (χ2n) is 9.50. The van der Waals surface area contributed by atoms with E-state index in [0.717, 1.165) is 0 Å². The third-order valence-electron chi connectivity index (χ3n) is 7.19. The lowest BCUT2D eigenvalue weighted by atomic mass is 9.82. The Bertz CT molecular complexity index is 4080. The van der Waals surface area contributed by atoms with Crippen molar-refractivity contribution in [1.82, 2.24) is 0 Å². The molecule has 0 N–H and O–H groups in total. The molecule has 0 heteroatoms. The summed E-state index contributed by atoms with van der Waals surface area (Å²) in [6.45, 7) is 0. The van der Waals surface area contributed by atoms with E-state index in [2.05, 4.69) is 0 Å². The van der Waals surface area contributed by atoms with Crippen molar-refractivity contribution < 1.29 is 38.4 Å². The maximum absolute atomic E-state index is 10.1. The van der Waals surface area contributed by atoms with Gasteiger partial charge in [-0.1, -0.05) is 157 Å². The number of rotatable bonds is 3. The van der Waals surface area contributed by atoms with Crippen molar-refractivity contribution in [2.75, 3.05) is 0 Å². The first-order chi connectivity index (χ1) is 33.5. The van der Waals surface area contributed by atoms with Crippen LogP contribution in [-0.4, -0.2) is 0 Å². The zero-order valence-corrected chi connectivity index (χ0v) is 22.0. The molecular weight excluding hydrogens is 528 g/mol. The van der Waals surface area contributed by atoms with E-state index in [1.165, 1.54) is 0 Å². The molecule has 0 nitrogen and oxygen atoms in total. The summed E-state index contributed by atoms with van der Waals surface area (Å²) in [4.78, 5) is 0. The Balaban J connectivity index is 1.79. The first-order valence-corrected chi connectivity index (χ1v) is 13.0. The standard InChI is InChI=1S/C44H28/c1-2-13-29(14-3-1)31-25-26-40-42(27-31)44(41-28-32-16-5-7-19-34(32)35-20-8-9-21-36(35)41)39-23-11-10-22-38(39)43(40)37-24-12-17-30-15-4-6-18-33(30)37/h1-28H/i1D,2D,3D,4D,5D,6D,7D,8D,9D,10D,11D,12D,13D,14D,15D,16D,17D,18D,19D,20D,21D,22D,23D,24D,25D,26D,27D,28D. The average Bonchev–Trinajstić information content (AvgIpc) is 3.35. The second-order valence-corrected chi connectivity index (χ2v) is 9.50. The van der Waals surface area contributed by atoms with Crippen LogP contribution in [0.4, 0.5) is 0 Å². The fourth-order valence-corrected chi connectivity index (χ4v) is 5.38. The quantitative estimate of drug-likeness (QED) is 0.143. The topological polar surface area (TPSA) is 0 Å². The van der Waals surface area contributed by atoms with Crippen LogP contribution in [0.3, 0.4) is 0 Å². The smallest absolute Gasteiger partial charge is 0.0622 e. The fourth-order valence-electron chi connectivity index (χ4n) is 5.38. The largest absolute Gasteiger partial charge is 0.0636 e. The van der Waals surface area contributed by atoms with Gasteiger partial charge in [0.15, 0.2) is 0 Å². The summed E-state index contributed by atoms with van der Waals surface area (Å²) in [6, 6.07) is -27.5. The third kappa shape index (κ3) is 3.78. The third-order valence-corrected chi connectivity index (χ3v) is 7.19. The van der Waals surface area contributed by atoms with E-state index in [0.29, 0.717) is 0 Å². The normalized spacial score (nSPS) is 20.5. The summed E-state index contributed by atoms with van der Waals surface area (Å²) in [5.74, 6) is 0. The molecule has 0 saturated carbocycles. The fraction of sp³-hybridized carbons (Fsp3) is 0. The zero-order chi connectivity index (χ0) is 53.4. The van der Waals surface area contributed by atoms with Crippen molar-refractivity contribution in [2.45, 2.75) is 0 Å². The predicted octanol–water partition coefficient (Wildman–Crippen LogP) is 12.5. The summed E-state index contributed by atoms with van der Waals surface area (Å²) in [6.07, 6.45) is 0. The second kappa shape index (κ2) is 9.93. The van der Waals surface area contributed by atoms with Gasteiger partial charge in [-0.2, -0.15) is 0 Å². The Hall–Kier alpha value is -5.72. The number of fused-ring (bicyclic) bond motifs is 6. The van der Waals surface area contributed by atoms with Crippen LogP contribution in [0.5, 0.6) is 0 Å². The molecule has 9 aromatic rings. The van der Waals surface area contributed by atoms with Crippen LogP contribution < -0.4 is 0 Å². The zero-order valence-electron chi connectivity index (χ0n) is 50.0. The molecule has 0 amide bonds. The van der Waals surface area contributed by atoms with Gasteiger partial charge in [0, 0.05) is 0 Å². The van der Waals surface area contributed by atoms with Gasteiger partial charge >= 0.3 is 0 Å². The van der Waals surface area contributed by atoms with Gasteiger partial charge in [0.1, 0.15) is 0 Å². The summed E-state index contributed by atoms with van der Waals surface area (Å²) in [5, 5.41) is -7.38. The summed E-state index contributed by atoms with van der Waals surface area (Å²) < 4.78 is 253. The first-order valence-electron chi connectivity index (χ1n) is 27.0. The minimum Gasteiger partial charge on any atom is -0.0622 e. The lowest BCUT2D eigenvalue weighted by molar-refractivity contribution is 1.64.